The number of fused-ring (bicyclic) bond motifs is 1. The monoisotopic (exact) mass is 446 g/mol. The molecule has 0 aliphatic heterocycles. The van der Waals surface area contributed by atoms with Gasteiger partial charge in [0.15, 0.2) is 5.16 Å². The molecule has 0 atom stereocenters. The summed E-state index contributed by atoms with van der Waals surface area (Å²) in [5, 5.41) is 14.2. The van der Waals surface area contributed by atoms with Gasteiger partial charge in [-0.2, -0.15) is 4.39 Å². The highest BCUT2D eigenvalue weighted by molar-refractivity contribution is 7.99. The van der Waals surface area contributed by atoms with Gasteiger partial charge in [0.1, 0.15) is 0 Å². The van der Waals surface area contributed by atoms with E-state index in [0.29, 0.717) is 35.6 Å². The summed E-state index contributed by atoms with van der Waals surface area (Å²) in [6, 6.07) is 10.0. The van der Waals surface area contributed by atoms with Crippen LogP contribution in [0.3, 0.4) is 0 Å². The van der Waals surface area contributed by atoms with Crippen LogP contribution in [0.25, 0.3) is 10.9 Å². The van der Waals surface area contributed by atoms with Crippen molar-refractivity contribution in [1.29, 1.82) is 0 Å². The Morgan fingerprint density at radius 1 is 1.32 bits per heavy atom. The second-order valence-corrected chi connectivity index (χ2v) is 7.42. The number of nitrogens with zero attached hydrogens (tertiary/aromatic N) is 3. The zero-order valence-electron chi connectivity index (χ0n) is 16.5. The molecule has 3 rings (SSSR count). The number of benzene rings is 2. The lowest BCUT2D eigenvalue weighted by molar-refractivity contribution is -0.387. The van der Waals surface area contributed by atoms with Crippen LogP contribution in [0.4, 0.5) is 15.8 Å². The fraction of sp³-hybridized carbons (Fsp3) is 0.250. The van der Waals surface area contributed by atoms with E-state index in [1.165, 1.54) is 10.6 Å². The minimum absolute atomic E-state index is 0.0970. The molecule has 0 saturated carbocycles. The number of nitro groups is 1. The third-order valence-corrected chi connectivity index (χ3v) is 5.29. The zero-order chi connectivity index (χ0) is 22.4. The summed E-state index contributed by atoms with van der Waals surface area (Å²) in [6.45, 7) is 0.839. The maximum absolute atomic E-state index is 13.5. The molecule has 0 aliphatic carbocycles. The number of rotatable bonds is 9. The lowest BCUT2D eigenvalue weighted by atomic mass is 10.2. The van der Waals surface area contributed by atoms with Gasteiger partial charge in [0.25, 0.3) is 5.56 Å². The first-order chi connectivity index (χ1) is 14.9. The summed E-state index contributed by atoms with van der Waals surface area (Å²) >= 11 is 1.07. The van der Waals surface area contributed by atoms with Gasteiger partial charge in [0.2, 0.25) is 11.7 Å². The first-order valence-electron chi connectivity index (χ1n) is 9.26. The number of hydrogen-bond acceptors (Lipinski definition) is 7. The Hall–Kier alpha value is -3.31. The minimum atomic E-state index is -0.988. The van der Waals surface area contributed by atoms with Crippen molar-refractivity contribution in [2.45, 2.75) is 18.1 Å². The Morgan fingerprint density at radius 3 is 2.84 bits per heavy atom. The van der Waals surface area contributed by atoms with Gasteiger partial charge in [-0.05, 0) is 30.7 Å². The largest absolute Gasteiger partial charge is 0.385 e. The molecule has 11 heteroatoms. The second-order valence-electron chi connectivity index (χ2n) is 6.47. The van der Waals surface area contributed by atoms with Gasteiger partial charge < -0.3 is 10.1 Å². The van der Waals surface area contributed by atoms with Gasteiger partial charge in [-0.1, -0.05) is 23.9 Å². The summed E-state index contributed by atoms with van der Waals surface area (Å²) in [6.07, 6.45) is 0.593. The Balaban J connectivity index is 1.78. The van der Waals surface area contributed by atoms with Crippen LogP contribution in [0.15, 0.2) is 52.4 Å². The van der Waals surface area contributed by atoms with Crippen LogP contribution in [0.2, 0.25) is 0 Å². The summed E-state index contributed by atoms with van der Waals surface area (Å²) < 4.78 is 20.0. The van der Waals surface area contributed by atoms with E-state index in [0.717, 1.165) is 23.9 Å². The molecule has 0 aliphatic rings. The van der Waals surface area contributed by atoms with E-state index in [2.05, 4.69) is 10.3 Å². The van der Waals surface area contributed by atoms with E-state index in [1.54, 1.807) is 31.4 Å². The number of nitro benzene ring substituents is 1. The molecule has 0 radical (unpaired) electrons. The number of ether oxygens (including phenoxy) is 1. The quantitative estimate of drug-likeness (QED) is 0.176. The molecule has 1 aromatic heterocycles. The van der Waals surface area contributed by atoms with Gasteiger partial charge >= 0.3 is 5.69 Å². The first-order valence-corrected chi connectivity index (χ1v) is 10.2. The molecule has 162 valence electrons. The number of carbonyl (C=O) groups is 1. The molecule has 0 spiro atoms. The highest BCUT2D eigenvalue weighted by Gasteiger charge is 2.17. The second kappa shape index (κ2) is 10.1. The molecule has 0 saturated heterocycles. The molecule has 0 fully saturated rings. The fourth-order valence-electron chi connectivity index (χ4n) is 2.88. The van der Waals surface area contributed by atoms with Crippen LogP contribution in [0.5, 0.6) is 0 Å². The van der Waals surface area contributed by atoms with Crippen LogP contribution in [-0.2, 0) is 16.1 Å². The van der Waals surface area contributed by atoms with E-state index in [-0.39, 0.29) is 17.0 Å². The lowest BCUT2D eigenvalue weighted by Gasteiger charge is -2.13. The van der Waals surface area contributed by atoms with Crippen molar-refractivity contribution in [2.24, 2.45) is 0 Å². The maximum atomic E-state index is 13.5. The third kappa shape index (κ3) is 5.44. The molecule has 0 unspecified atom stereocenters. The highest BCUT2D eigenvalue weighted by Crippen LogP contribution is 2.23. The molecule has 2 aromatic carbocycles. The predicted octanol–water partition coefficient (Wildman–Crippen LogP) is 3.21. The number of anilines is 1. The highest BCUT2D eigenvalue weighted by atomic mass is 32.2. The number of hydrogen-bond donors (Lipinski definition) is 1. The van der Waals surface area contributed by atoms with Crippen molar-refractivity contribution in [3.8, 4) is 0 Å². The topological polar surface area (TPSA) is 116 Å². The smallest absolute Gasteiger partial charge is 0.306 e. The van der Waals surface area contributed by atoms with Gasteiger partial charge in [0.05, 0.1) is 21.6 Å². The summed E-state index contributed by atoms with van der Waals surface area (Å²) in [7, 11) is 1.57. The number of carbonyl (C=O) groups excluding carboxylic acids is 1. The van der Waals surface area contributed by atoms with Crippen LogP contribution in [0.1, 0.15) is 6.42 Å². The van der Waals surface area contributed by atoms with Gasteiger partial charge in [0, 0.05) is 32.0 Å². The van der Waals surface area contributed by atoms with E-state index in [9.17, 15) is 24.1 Å². The number of amides is 1. The van der Waals surface area contributed by atoms with Crippen molar-refractivity contribution in [3.05, 3.63) is 68.7 Å². The zero-order valence-corrected chi connectivity index (χ0v) is 17.4. The Labute approximate surface area is 180 Å². The summed E-state index contributed by atoms with van der Waals surface area (Å²) in [5.41, 5.74) is -0.317. The molecule has 0 bridgehead atoms. The van der Waals surface area contributed by atoms with Crippen molar-refractivity contribution in [2.75, 3.05) is 24.8 Å². The Morgan fingerprint density at radius 2 is 2.10 bits per heavy atom. The van der Waals surface area contributed by atoms with Crippen LogP contribution in [0, 0.1) is 15.9 Å². The number of thioether (sulfide) groups is 1. The van der Waals surface area contributed by atoms with Crippen LogP contribution < -0.4 is 10.9 Å². The number of halogens is 1. The van der Waals surface area contributed by atoms with Gasteiger partial charge in [-0.25, -0.2) is 4.98 Å². The van der Waals surface area contributed by atoms with Gasteiger partial charge in [-0.3, -0.25) is 24.3 Å². The first kappa shape index (κ1) is 22.4. The van der Waals surface area contributed by atoms with E-state index >= 15 is 0 Å². The number of aromatic nitrogens is 2. The number of para-hydroxylation sites is 1. The Kier molecular flexibility index (Phi) is 7.32. The lowest BCUT2D eigenvalue weighted by Crippen LogP contribution is -2.25. The minimum Gasteiger partial charge on any atom is -0.385 e. The van der Waals surface area contributed by atoms with Crippen molar-refractivity contribution in [1.82, 2.24) is 9.55 Å². The molecule has 1 heterocycles. The SMILES string of the molecule is COCCCn1c(SCC(=O)Nc2ccc(F)c([N+](=O)[O-])c2)nc2ccccc2c1=O. The summed E-state index contributed by atoms with van der Waals surface area (Å²) in [4.78, 5) is 39.7. The third-order valence-electron chi connectivity index (χ3n) is 4.32. The predicted molar refractivity (Wildman–Crippen MR) is 115 cm³/mol. The molecule has 9 nitrogen and oxygen atoms in total. The normalized spacial score (nSPS) is 10.9. The average molecular weight is 446 g/mol. The van der Waals surface area contributed by atoms with Gasteiger partial charge in [-0.15, -0.1) is 0 Å². The Bertz CT molecular complexity index is 1180. The molecular weight excluding hydrogens is 427 g/mol. The maximum Gasteiger partial charge on any atom is 0.306 e. The molecular formula is C20H19FN4O5S. The molecule has 1 N–H and O–H groups in total. The van der Waals surface area contributed by atoms with Crippen molar-refractivity contribution in [3.63, 3.8) is 0 Å². The molecule has 3 aromatic rings. The summed E-state index contributed by atoms with van der Waals surface area (Å²) in [5.74, 6) is -1.56. The standard InChI is InChI=1S/C20H19FN4O5S/c1-30-10-4-9-24-19(27)14-5-2-3-6-16(14)23-20(24)31-12-18(26)22-13-7-8-15(21)17(11-13)25(28)29/h2-3,5-8,11H,4,9-10,12H2,1H3,(H,22,26). The average Bonchev–Trinajstić information content (AvgIpc) is 2.75. The van der Waals surface area contributed by atoms with E-state index < -0.39 is 22.3 Å². The van der Waals surface area contributed by atoms with E-state index in [1.807, 2.05) is 0 Å². The van der Waals surface area contributed by atoms with Crippen molar-refractivity contribution < 1.29 is 18.8 Å². The van der Waals surface area contributed by atoms with Crippen LogP contribution in [-0.4, -0.2) is 39.9 Å². The van der Waals surface area contributed by atoms with E-state index in [4.69, 9.17) is 4.74 Å². The molecule has 1 amide bonds. The number of methoxy groups -OCH3 is 1. The van der Waals surface area contributed by atoms with Crippen molar-refractivity contribution >= 4 is 39.9 Å². The number of nitrogens with one attached hydrogen (secondary N) is 1. The molecule has 31 heavy (non-hydrogen) atoms. The van der Waals surface area contributed by atoms with Crippen LogP contribution >= 0.6 is 11.8 Å². The fourth-order valence-corrected chi connectivity index (χ4v) is 3.70.